The molecule has 2 rings (SSSR count). The summed E-state index contributed by atoms with van der Waals surface area (Å²) in [6, 6.07) is 8.95. The predicted octanol–water partition coefficient (Wildman–Crippen LogP) is 2.21. The van der Waals surface area contributed by atoms with E-state index >= 15 is 0 Å². The number of nitrogens with zero attached hydrogens (tertiary/aromatic N) is 1. The molecule has 0 radical (unpaired) electrons. The van der Waals surface area contributed by atoms with E-state index in [1.807, 2.05) is 30.3 Å². The van der Waals surface area contributed by atoms with Crippen molar-refractivity contribution in [3.05, 3.63) is 35.9 Å². The van der Waals surface area contributed by atoms with Crippen molar-refractivity contribution >= 4 is 12.0 Å². The maximum atomic E-state index is 10.8. The quantitative estimate of drug-likeness (QED) is 0.870. The van der Waals surface area contributed by atoms with E-state index in [0.717, 1.165) is 31.5 Å². The van der Waals surface area contributed by atoms with Gasteiger partial charge in [0.2, 0.25) is 0 Å². The zero-order valence-corrected chi connectivity index (χ0v) is 12.0. The number of urea groups is 1. The Bertz CT molecular complexity index is 451. The van der Waals surface area contributed by atoms with Crippen LogP contribution in [-0.4, -0.2) is 35.1 Å². The maximum Gasteiger partial charge on any atom is 0.314 e. The van der Waals surface area contributed by atoms with Crippen molar-refractivity contribution in [2.75, 3.05) is 13.1 Å². The van der Waals surface area contributed by atoms with Crippen LogP contribution in [0.2, 0.25) is 0 Å². The smallest absolute Gasteiger partial charge is 0.314 e. The highest BCUT2D eigenvalue weighted by Crippen LogP contribution is 2.22. The summed E-state index contributed by atoms with van der Waals surface area (Å²) in [4.78, 5) is 22.8. The largest absolute Gasteiger partial charge is 0.481 e. The predicted molar refractivity (Wildman–Crippen MR) is 77.5 cm³/mol. The highest BCUT2D eigenvalue weighted by Gasteiger charge is 2.28. The van der Waals surface area contributed by atoms with Crippen LogP contribution in [0.4, 0.5) is 4.79 Å². The van der Waals surface area contributed by atoms with Crippen LogP contribution in [-0.2, 0) is 10.2 Å². The first-order chi connectivity index (χ1) is 9.35. The Hall–Kier alpha value is -2.04. The van der Waals surface area contributed by atoms with Gasteiger partial charge in [-0.2, -0.15) is 0 Å². The number of carboxylic acid groups (broad SMARTS) is 1. The summed E-state index contributed by atoms with van der Waals surface area (Å²) < 4.78 is 0. The molecule has 0 unspecified atom stereocenters. The summed E-state index contributed by atoms with van der Waals surface area (Å²) in [5, 5.41) is 8.89. The summed E-state index contributed by atoms with van der Waals surface area (Å²) >= 11 is 0. The van der Waals surface area contributed by atoms with Crippen molar-refractivity contribution in [2.24, 2.45) is 5.73 Å². The van der Waals surface area contributed by atoms with Crippen LogP contribution in [0.5, 0.6) is 0 Å². The Morgan fingerprint density at radius 1 is 1.15 bits per heavy atom. The average molecular weight is 278 g/mol. The highest BCUT2D eigenvalue weighted by molar-refractivity contribution is 5.80. The fourth-order valence-electron chi connectivity index (χ4n) is 1.92. The Kier molecular flexibility index (Phi) is 5.55. The summed E-state index contributed by atoms with van der Waals surface area (Å²) in [5.74, 6) is -0.797. The maximum absolute atomic E-state index is 10.8. The van der Waals surface area contributed by atoms with Crippen molar-refractivity contribution in [1.29, 1.82) is 0 Å². The van der Waals surface area contributed by atoms with E-state index in [9.17, 15) is 9.59 Å². The first kappa shape index (κ1) is 16.0. The standard InChI is InChI=1S/C10H12O2.C5H10N2O/c1-10(2,9(11)12)8-6-4-3-5-7-8;6-5(8)7-3-1-2-4-7/h3-7H,1-2H3,(H,11,12);1-4H2,(H2,6,8). The topological polar surface area (TPSA) is 83.6 Å². The zero-order valence-electron chi connectivity index (χ0n) is 12.0. The molecule has 1 aliphatic rings. The third-order valence-electron chi connectivity index (χ3n) is 3.45. The third-order valence-corrected chi connectivity index (χ3v) is 3.45. The normalized spacial score (nSPS) is 14.4. The molecule has 0 spiro atoms. The number of rotatable bonds is 2. The number of amides is 2. The van der Waals surface area contributed by atoms with E-state index in [4.69, 9.17) is 10.8 Å². The molecule has 110 valence electrons. The molecule has 20 heavy (non-hydrogen) atoms. The fourth-order valence-corrected chi connectivity index (χ4v) is 1.92. The van der Waals surface area contributed by atoms with Gasteiger partial charge < -0.3 is 15.7 Å². The van der Waals surface area contributed by atoms with Gasteiger partial charge in [-0.05, 0) is 32.3 Å². The molecule has 2 amide bonds. The van der Waals surface area contributed by atoms with Gasteiger partial charge in [0.05, 0.1) is 5.41 Å². The van der Waals surface area contributed by atoms with Gasteiger partial charge in [-0.3, -0.25) is 4.79 Å². The Labute approximate surface area is 119 Å². The minimum atomic E-state index is -0.797. The number of carbonyl (C=O) groups excluding carboxylic acids is 1. The SMILES string of the molecule is CC(C)(C(=O)O)c1ccccc1.NC(=O)N1CCCC1. The average Bonchev–Trinajstić information content (AvgIpc) is 2.94. The van der Waals surface area contributed by atoms with Crippen LogP contribution in [0, 0.1) is 0 Å². The van der Waals surface area contributed by atoms with Crippen LogP contribution < -0.4 is 5.73 Å². The van der Waals surface area contributed by atoms with E-state index in [1.165, 1.54) is 0 Å². The van der Waals surface area contributed by atoms with E-state index < -0.39 is 11.4 Å². The first-order valence-electron chi connectivity index (χ1n) is 6.69. The van der Waals surface area contributed by atoms with E-state index in [0.29, 0.717) is 0 Å². The minimum Gasteiger partial charge on any atom is -0.481 e. The van der Waals surface area contributed by atoms with Crippen LogP contribution in [0.1, 0.15) is 32.3 Å². The lowest BCUT2D eigenvalue weighted by Crippen LogP contribution is -2.32. The van der Waals surface area contributed by atoms with E-state index in [2.05, 4.69) is 0 Å². The Balaban J connectivity index is 0.000000217. The number of hydrogen-bond donors (Lipinski definition) is 2. The lowest BCUT2D eigenvalue weighted by molar-refractivity contribution is -0.142. The van der Waals surface area contributed by atoms with Crippen molar-refractivity contribution in [2.45, 2.75) is 32.1 Å². The number of nitrogens with two attached hydrogens (primary N) is 1. The second-order valence-corrected chi connectivity index (χ2v) is 5.33. The second-order valence-electron chi connectivity index (χ2n) is 5.33. The van der Waals surface area contributed by atoms with Gasteiger partial charge in [-0.15, -0.1) is 0 Å². The Morgan fingerprint density at radius 2 is 1.65 bits per heavy atom. The van der Waals surface area contributed by atoms with Crippen LogP contribution >= 0.6 is 0 Å². The van der Waals surface area contributed by atoms with Crippen molar-refractivity contribution in [1.82, 2.24) is 4.90 Å². The number of hydrogen-bond acceptors (Lipinski definition) is 2. The molecule has 1 aromatic rings. The fraction of sp³-hybridized carbons (Fsp3) is 0.467. The van der Waals surface area contributed by atoms with E-state index in [-0.39, 0.29) is 6.03 Å². The van der Waals surface area contributed by atoms with Gasteiger partial charge >= 0.3 is 12.0 Å². The lowest BCUT2D eigenvalue weighted by Gasteiger charge is -2.18. The third kappa shape index (κ3) is 4.26. The van der Waals surface area contributed by atoms with Gasteiger partial charge in [-0.1, -0.05) is 30.3 Å². The molecular formula is C15H22N2O3. The number of carbonyl (C=O) groups is 2. The van der Waals surface area contributed by atoms with Gasteiger partial charge in [0.15, 0.2) is 0 Å². The van der Waals surface area contributed by atoms with Crippen molar-refractivity contribution in [3.8, 4) is 0 Å². The molecule has 0 aromatic heterocycles. The minimum absolute atomic E-state index is 0.275. The summed E-state index contributed by atoms with van der Waals surface area (Å²) in [6.45, 7) is 5.11. The molecule has 5 heteroatoms. The number of carboxylic acids is 1. The molecular weight excluding hydrogens is 256 g/mol. The molecule has 0 atom stereocenters. The molecule has 5 nitrogen and oxygen atoms in total. The molecule has 1 aromatic carbocycles. The molecule has 0 aliphatic carbocycles. The number of primary amides is 1. The molecule has 3 N–H and O–H groups in total. The molecule has 1 aliphatic heterocycles. The molecule has 1 saturated heterocycles. The first-order valence-corrected chi connectivity index (χ1v) is 6.69. The van der Waals surface area contributed by atoms with E-state index in [1.54, 1.807) is 18.7 Å². The summed E-state index contributed by atoms with van der Waals surface area (Å²) in [5.41, 5.74) is 5.03. The monoisotopic (exact) mass is 278 g/mol. The number of aliphatic carboxylic acids is 1. The summed E-state index contributed by atoms with van der Waals surface area (Å²) in [7, 11) is 0. The van der Waals surface area contributed by atoms with Gasteiger partial charge in [0.25, 0.3) is 0 Å². The summed E-state index contributed by atoms with van der Waals surface area (Å²) in [6.07, 6.45) is 2.23. The molecule has 0 saturated carbocycles. The van der Waals surface area contributed by atoms with Gasteiger partial charge in [-0.25, -0.2) is 4.79 Å². The highest BCUT2D eigenvalue weighted by atomic mass is 16.4. The number of likely N-dealkylation sites (tertiary alicyclic amines) is 1. The van der Waals surface area contributed by atoms with Gasteiger partial charge in [0, 0.05) is 13.1 Å². The molecule has 1 fully saturated rings. The second kappa shape index (κ2) is 6.93. The molecule has 1 heterocycles. The zero-order chi connectivity index (χ0) is 15.2. The van der Waals surface area contributed by atoms with Crippen molar-refractivity contribution in [3.63, 3.8) is 0 Å². The van der Waals surface area contributed by atoms with Crippen LogP contribution in [0.3, 0.4) is 0 Å². The van der Waals surface area contributed by atoms with Crippen molar-refractivity contribution < 1.29 is 14.7 Å². The van der Waals surface area contributed by atoms with Crippen LogP contribution in [0.25, 0.3) is 0 Å². The molecule has 0 bridgehead atoms. The van der Waals surface area contributed by atoms with Crippen LogP contribution in [0.15, 0.2) is 30.3 Å². The van der Waals surface area contributed by atoms with Gasteiger partial charge in [0.1, 0.15) is 0 Å². The Morgan fingerprint density at radius 3 is 2.00 bits per heavy atom. The lowest BCUT2D eigenvalue weighted by atomic mass is 9.85. The number of benzene rings is 1.